The number of carbonyl (C=O) groups is 3. The molecule has 3 aromatic rings. The molecule has 1 atom stereocenters. The number of alkyl carbamates (subject to hydrolysis) is 1. The Kier molecular flexibility index (Phi) is 7.40. The zero-order valence-corrected chi connectivity index (χ0v) is 16.5. The van der Waals surface area contributed by atoms with Crippen LogP contribution in [0, 0.1) is 0 Å². The lowest BCUT2D eigenvalue weighted by Crippen LogP contribution is -2.44. The first-order chi connectivity index (χ1) is 15.0. The van der Waals surface area contributed by atoms with E-state index >= 15 is 0 Å². The summed E-state index contributed by atoms with van der Waals surface area (Å²) in [7, 11) is 0. The number of hydrogen-bond donors (Lipinski definition) is 3. The van der Waals surface area contributed by atoms with Crippen molar-refractivity contribution in [2.24, 2.45) is 0 Å². The van der Waals surface area contributed by atoms with E-state index in [9.17, 15) is 14.4 Å². The van der Waals surface area contributed by atoms with Crippen LogP contribution in [0.25, 0.3) is 0 Å². The van der Waals surface area contributed by atoms with E-state index in [1.54, 1.807) is 36.7 Å². The van der Waals surface area contributed by atoms with Gasteiger partial charge in [0.05, 0.1) is 6.42 Å². The maximum atomic E-state index is 12.5. The second-order valence-corrected chi connectivity index (χ2v) is 6.59. The van der Waals surface area contributed by atoms with Crippen LogP contribution in [0.3, 0.4) is 0 Å². The Morgan fingerprint density at radius 1 is 1.19 bits per heavy atom. The molecule has 12 nitrogen and oxygen atoms in total. The number of tetrazole rings is 1. The van der Waals surface area contributed by atoms with E-state index in [-0.39, 0.29) is 13.2 Å². The van der Waals surface area contributed by atoms with Crippen molar-refractivity contribution in [2.75, 3.05) is 0 Å². The molecule has 0 fully saturated rings. The smallest absolute Gasteiger partial charge is 0.408 e. The van der Waals surface area contributed by atoms with Crippen LogP contribution in [-0.4, -0.2) is 59.2 Å². The molecule has 0 radical (unpaired) electrons. The second-order valence-electron chi connectivity index (χ2n) is 6.59. The summed E-state index contributed by atoms with van der Waals surface area (Å²) in [4.78, 5) is 43.8. The van der Waals surface area contributed by atoms with Crippen LogP contribution < -0.4 is 5.32 Å². The first-order valence-corrected chi connectivity index (χ1v) is 9.46. The first kappa shape index (κ1) is 21.6. The maximum Gasteiger partial charge on any atom is 0.408 e. The zero-order valence-electron chi connectivity index (χ0n) is 16.5. The Morgan fingerprint density at radius 3 is 2.71 bits per heavy atom. The number of aryl methyl sites for hydroxylation is 2. The summed E-state index contributed by atoms with van der Waals surface area (Å²) < 4.78 is 5.06. The highest BCUT2D eigenvalue weighted by molar-refractivity contribution is 5.90. The lowest BCUT2D eigenvalue weighted by molar-refractivity contribution is -0.139. The maximum absolute atomic E-state index is 12.5. The highest BCUT2D eigenvalue weighted by Crippen LogP contribution is 2.03. The van der Waals surface area contributed by atoms with Gasteiger partial charge in [0.2, 0.25) is 0 Å². The van der Waals surface area contributed by atoms with Crippen LogP contribution in [-0.2, 0) is 40.3 Å². The molecule has 12 heteroatoms. The molecular weight excluding hydrogens is 406 g/mol. The number of H-pyrrole nitrogens is 1. The number of ketones is 1. The number of aromatic nitrogens is 6. The summed E-state index contributed by atoms with van der Waals surface area (Å²) in [6, 6.07) is 7.66. The molecule has 0 bridgehead atoms. The summed E-state index contributed by atoms with van der Waals surface area (Å²) in [5.74, 6) is -0.650. The number of nitrogens with zero attached hydrogens (tertiary/aromatic N) is 5. The van der Waals surface area contributed by atoms with Crippen LogP contribution in [0.15, 0.2) is 42.7 Å². The third-order valence-electron chi connectivity index (χ3n) is 4.20. The fraction of sp³-hybridized carbons (Fsp3) is 0.316. The number of ether oxygens (including phenoxy) is 1. The number of hydrogen-bond acceptors (Lipinski definition) is 8. The topological polar surface area (TPSA) is 165 Å². The molecule has 1 amide bonds. The minimum atomic E-state index is -1.29. The molecule has 0 aliphatic heterocycles. The number of benzene rings is 1. The Balaban J connectivity index is 1.52. The minimum absolute atomic E-state index is 0.00961. The summed E-state index contributed by atoms with van der Waals surface area (Å²) in [6.07, 6.45) is 2.89. The summed E-state index contributed by atoms with van der Waals surface area (Å²) in [6.45, 7) is -0.352. The number of carboxylic acid groups (broad SMARTS) is 1. The van der Waals surface area contributed by atoms with Gasteiger partial charge in [0, 0.05) is 25.2 Å². The summed E-state index contributed by atoms with van der Waals surface area (Å²) in [5.41, 5.74) is 0.757. The molecular formula is C19H21N7O5. The minimum Gasteiger partial charge on any atom is -0.481 e. The van der Waals surface area contributed by atoms with Gasteiger partial charge in [-0.25, -0.2) is 9.78 Å². The SMILES string of the molecule is O=C(O)CC(NC(=O)OCc1ccccc1)C(=O)Cn1nnc(CCc2ncc[nH]2)n1. The van der Waals surface area contributed by atoms with Crippen molar-refractivity contribution in [3.05, 3.63) is 59.9 Å². The van der Waals surface area contributed by atoms with E-state index in [1.165, 1.54) is 0 Å². The first-order valence-electron chi connectivity index (χ1n) is 9.46. The highest BCUT2D eigenvalue weighted by Gasteiger charge is 2.25. The second kappa shape index (κ2) is 10.6. The van der Waals surface area contributed by atoms with Gasteiger partial charge in [-0.1, -0.05) is 30.3 Å². The summed E-state index contributed by atoms with van der Waals surface area (Å²) >= 11 is 0. The highest BCUT2D eigenvalue weighted by atomic mass is 16.5. The number of aliphatic carboxylic acids is 1. The van der Waals surface area contributed by atoms with Gasteiger partial charge >= 0.3 is 12.1 Å². The van der Waals surface area contributed by atoms with Gasteiger partial charge in [0.25, 0.3) is 0 Å². The molecule has 3 rings (SSSR count). The zero-order chi connectivity index (χ0) is 22.1. The molecule has 3 N–H and O–H groups in total. The van der Waals surface area contributed by atoms with Gasteiger partial charge in [0.15, 0.2) is 11.6 Å². The predicted molar refractivity (Wildman–Crippen MR) is 105 cm³/mol. The number of nitrogens with one attached hydrogen (secondary N) is 2. The number of carbonyl (C=O) groups excluding carboxylic acids is 2. The molecule has 0 spiro atoms. The van der Waals surface area contributed by atoms with Crippen molar-refractivity contribution in [3.63, 3.8) is 0 Å². The van der Waals surface area contributed by atoms with E-state index in [0.717, 1.165) is 16.2 Å². The Hall–Kier alpha value is -4.09. The molecule has 1 aromatic carbocycles. The van der Waals surface area contributed by atoms with Crippen molar-refractivity contribution >= 4 is 17.8 Å². The molecule has 0 saturated carbocycles. The summed E-state index contributed by atoms with van der Waals surface area (Å²) in [5, 5.41) is 23.2. The van der Waals surface area contributed by atoms with Crippen molar-refractivity contribution in [3.8, 4) is 0 Å². The van der Waals surface area contributed by atoms with Crippen molar-refractivity contribution in [1.82, 2.24) is 35.5 Å². The number of Topliss-reactive ketones (excluding diaryl/α,β-unsaturated/α-hetero) is 1. The lowest BCUT2D eigenvalue weighted by atomic mass is 10.1. The van der Waals surface area contributed by atoms with Crippen LogP contribution >= 0.6 is 0 Å². The average Bonchev–Trinajstić information content (AvgIpc) is 3.42. The van der Waals surface area contributed by atoms with Crippen LogP contribution in [0.4, 0.5) is 4.79 Å². The van der Waals surface area contributed by atoms with Crippen LogP contribution in [0.1, 0.15) is 23.6 Å². The number of imidazole rings is 1. The monoisotopic (exact) mass is 427 g/mol. The van der Waals surface area contributed by atoms with E-state index in [4.69, 9.17) is 9.84 Å². The van der Waals surface area contributed by atoms with Crippen LogP contribution in [0.2, 0.25) is 0 Å². The van der Waals surface area contributed by atoms with Crippen molar-refractivity contribution < 1.29 is 24.2 Å². The number of carboxylic acids is 1. The molecule has 31 heavy (non-hydrogen) atoms. The van der Waals surface area contributed by atoms with E-state index in [1.807, 2.05) is 6.07 Å². The Bertz CT molecular complexity index is 1000. The van der Waals surface area contributed by atoms with E-state index in [2.05, 4.69) is 30.7 Å². The van der Waals surface area contributed by atoms with Gasteiger partial charge in [-0.05, 0) is 10.8 Å². The van der Waals surface area contributed by atoms with E-state index in [0.29, 0.717) is 18.7 Å². The predicted octanol–water partition coefficient (Wildman–Crippen LogP) is 0.520. The molecule has 0 aliphatic rings. The van der Waals surface area contributed by atoms with Gasteiger partial charge in [-0.2, -0.15) is 4.80 Å². The van der Waals surface area contributed by atoms with Gasteiger partial charge < -0.3 is 20.1 Å². The standard InChI is InChI=1S/C19H21N7O5/c27-15(11-26-24-17(23-25-26)7-6-16-20-8-9-21-16)14(10-18(28)29)22-19(30)31-12-13-4-2-1-3-5-13/h1-5,8-9,14H,6-7,10-12H2,(H,20,21)(H,22,30)(H,28,29). The largest absolute Gasteiger partial charge is 0.481 e. The third-order valence-corrected chi connectivity index (χ3v) is 4.20. The van der Waals surface area contributed by atoms with Gasteiger partial charge in [-0.3, -0.25) is 9.59 Å². The lowest BCUT2D eigenvalue weighted by Gasteiger charge is -2.15. The number of rotatable bonds is 11. The Labute approximate surface area is 176 Å². The molecule has 162 valence electrons. The van der Waals surface area contributed by atoms with Gasteiger partial charge in [-0.15, -0.1) is 10.2 Å². The van der Waals surface area contributed by atoms with Crippen LogP contribution in [0.5, 0.6) is 0 Å². The quantitative estimate of drug-likeness (QED) is 0.395. The molecule has 1 unspecified atom stereocenters. The third kappa shape index (κ3) is 7.03. The fourth-order valence-electron chi connectivity index (χ4n) is 2.68. The average molecular weight is 427 g/mol. The van der Waals surface area contributed by atoms with E-state index < -0.39 is 30.3 Å². The fourth-order valence-corrected chi connectivity index (χ4v) is 2.68. The molecule has 0 aliphatic carbocycles. The van der Waals surface area contributed by atoms with Crippen molar-refractivity contribution in [2.45, 2.75) is 38.5 Å². The molecule has 2 aromatic heterocycles. The van der Waals surface area contributed by atoms with Crippen molar-refractivity contribution in [1.29, 1.82) is 0 Å². The molecule has 2 heterocycles. The molecule has 0 saturated heterocycles. The van der Waals surface area contributed by atoms with Gasteiger partial charge in [0.1, 0.15) is 25.0 Å². The normalized spacial score (nSPS) is 11.6. The number of aromatic amines is 1. The Morgan fingerprint density at radius 2 is 2.00 bits per heavy atom. The number of amides is 1.